The molecule has 16 heavy (non-hydrogen) atoms. The molecule has 1 heterocycles. The van der Waals surface area contributed by atoms with Crippen LogP contribution >= 0.6 is 0 Å². The second-order valence-corrected chi connectivity index (χ2v) is 5.88. The van der Waals surface area contributed by atoms with E-state index in [1.54, 1.807) is 6.07 Å². The summed E-state index contributed by atoms with van der Waals surface area (Å²) in [7, 11) is -3.03. The van der Waals surface area contributed by atoms with Crippen molar-refractivity contribution in [2.75, 3.05) is 12.0 Å². The minimum absolute atomic E-state index is 0.00111. The Labute approximate surface area is 92.4 Å². The van der Waals surface area contributed by atoms with E-state index in [0.29, 0.717) is 11.0 Å². The van der Waals surface area contributed by atoms with Crippen LogP contribution in [0.25, 0.3) is 11.0 Å². The molecular formula is C9H11N3O3S. The predicted molar refractivity (Wildman–Crippen MR) is 58.9 cm³/mol. The fraction of sp³-hybridized carbons (Fsp3) is 0.333. The Morgan fingerprint density at radius 1 is 1.44 bits per heavy atom. The number of fused-ring (bicyclic) bond motifs is 1. The minimum Gasteiger partial charge on any atom is -0.508 e. The van der Waals surface area contributed by atoms with E-state index < -0.39 is 9.84 Å². The van der Waals surface area contributed by atoms with E-state index in [-0.39, 0.29) is 18.0 Å². The van der Waals surface area contributed by atoms with Gasteiger partial charge in [0.25, 0.3) is 0 Å². The van der Waals surface area contributed by atoms with Crippen molar-refractivity contribution in [2.24, 2.45) is 0 Å². The van der Waals surface area contributed by atoms with E-state index in [9.17, 15) is 13.5 Å². The smallest absolute Gasteiger partial charge is 0.149 e. The summed E-state index contributed by atoms with van der Waals surface area (Å²) in [6, 6.07) is 4.66. The van der Waals surface area contributed by atoms with Gasteiger partial charge in [-0.05, 0) is 12.1 Å². The minimum atomic E-state index is -3.03. The normalized spacial score (nSPS) is 12.1. The number of hydrogen-bond donors (Lipinski definition) is 1. The van der Waals surface area contributed by atoms with Crippen LogP contribution in [0.15, 0.2) is 18.2 Å². The van der Waals surface area contributed by atoms with Gasteiger partial charge in [0, 0.05) is 12.3 Å². The van der Waals surface area contributed by atoms with E-state index in [0.717, 1.165) is 0 Å². The van der Waals surface area contributed by atoms with Crippen molar-refractivity contribution in [3.63, 3.8) is 0 Å². The van der Waals surface area contributed by atoms with Crippen LogP contribution in [0.3, 0.4) is 0 Å². The Bertz CT molecular complexity index is 618. The Balaban J connectivity index is 2.34. The molecule has 0 aliphatic carbocycles. The molecule has 0 unspecified atom stereocenters. The second kappa shape index (κ2) is 3.75. The average Bonchev–Trinajstić information content (AvgIpc) is 2.56. The van der Waals surface area contributed by atoms with Gasteiger partial charge in [-0.25, -0.2) is 13.1 Å². The first-order chi connectivity index (χ1) is 7.46. The highest BCUT2D eigenvalue weighted by Gasteiger charge is 2.08. The molecule has 0 radical (unpaired) electrons. The first kappa shape index (κ1) is 10.9. The molecule has 0 saturated carbocycles. The quantitative estimate of drug-likeness (QED) is 0.828. The summed E-state index contributed by atoms with van der Waals surface area (Å²) >= 11 is 0. The maximum absolute atomic E-state index is 11.0. The third-order valence-electron chi connectivity index (χ3n) is 2.17. The molecule has 6 nitrogen and oxygen atoms in total. The van der Waals surface area contributed by atoms with Crippen molar-refractivity contribution >= 4 is 20.9 Å². The van der Waals surface area contributed by atoms with Crippen LogP contribution in [0, 0.1) is 0 Å². The van der Waals surface area contributed by atoms with Crippen molar-refractivity contribution < 1.29 is 13.5 Å². The molecule has 1 aromatic heterocycles. The van der Waals surface area contributed by atoms with Gasteiger partial charge in [-0.2, -0.15) is 0 Å². The van der Waals surface area contributed by atoms with Crippen molar-refractivity contribution in [1.82, 2.24) is 15.0 Å². The van der Waals surface area contributed by atoms with Gasteiger partial charge in [-0.1, -0.05) is 5.21 Å². The van der Waals surface area contributed by atoms with Gasteiger partial charge in [-0.15, -0.1) is 5.10 Å². The fourth-order valence-electron chi connectivity index (χ4n) is 1.37. The van der Waals surface area contributed by atoms with Crippen molar-refractivity contribution in [3.8, 4) is 5.75 Å². The molecule has 0 fully saturated rings. The summed E-state index contributed by atoms with van der Waals surface area (Å²) in [5.74, 6) is 0.108. The summed E-state index contributed by atoms with van der Waals surface area (Å²) in [6.07, 6.45) is 1.17. The second-order valence-electron chi connectivity index (χ2n) is 3.62. The number of phenols is 1. The zero-order valence-electron chi connectivity index (χ0n) is 8.66. The number of rotatable bonds is 3. The van der Waals surface area contributed by atoms with Crippen LogP contribution < -0.4 is 0 Å². The standard InChI is InChI=1S/C9H11N3O3S/c1-16(14,15)5-4-12-9-6-7(13)2-3-8(9)10-11-12/h2-3,6,13H,4-5H2,1H3. The highest BCUT2D eigenvalue weighted by molar-refractivity contribution is 7.90. The van der Waals surface area contributed by atoms with Gasteiger partial charge in [0.15, 0.2) is 0 Å². The highest BCUT2D eigenvalue weighted by Crippen LogP contribution is 2.17. The number of aromatic nitrogens is 3. The van der Waals surface area contributed by atoms with E-state index in [1.807, 2.05) is 0 Å². The molecule has 0 aliphatic rings. The van der Waals surface area contributed by atoms with Crippen LogP contribution in [-0.4, -0.2) is 40.5 Å². The van der Waals surface area contributed by atoms with E-state index in [1.165, 1.54) is 23.1 Å². The molecule has 86 valence electrons. The maximum atomic E-state index is 11.0. The zero-order chi connectivity index (χ0) is 11.8. The van der Waals surface area contributed by atoms with E-state index in [2.05, 4.69) is 10.3 Å². The zero-order valence-corrected chi connectivity index (χ0v) is 9.48. The molecule has 0 saturated heterocycles. The summed E-state index contributed by atoms with van der Waals surface area (Å²) < 4.78 is 23.5. The Kier molecular flexibility index (Phi) is 2.55. The van der Waals surface area contributed by atoms with E-state index in [4.69, 9.17) is 0 Å². The summed E-state index contributed by atoms with van der Waals surface area (Å²) in [6.45, 7) is 0.235. The molecule has 1 aromatic carbocycles. The van der Waals surface area contributed by atoms with Crippen LogP contribution in [0.4, 0.5) is 0 Å². The first-order valence-electron chi connectivity index (χ1n) is 4.66. The van der Waals surface area contributed by atoms with Gasteiger partial charge in [-0.3, -0.25) is 0 Å². The Hall–Kier alpha value is -1.63. The molecular weight excluding hydrogens is 230 g/mol. The number of nitrogens with zero attached hydrogens (tertiary/aromatic N) is 3. The lowest BCUT2D eigenvalue weighted by Gasteiger charge is -2.00. The van der Waals surface area contributed by atoms with Gasteiger partial charge < -0.3 is 5.11 Å². The van der Waals surface area contributed by atoms with Crippen LogP contribution in [0.5, 0.6) is 5.75 Å². The molecule has 0 amide bonds. The lowest BCUT2D eigenvalue weighted by molar-refractivity contribution is 0.475. The monoisotopic (exact) mass is 241 g/mol. The number of benzene rings is 1. The Morgan fingerprint density at radius 2 is 2.19 bits per heavy atom. The topological polar surface area (TPSA) is 85.1 Å². The third kappa shape index (κ3) is 2.30. The lowest BCUT2D eigenvalue weighted by Crippen LogP contribution is -2.12. The molecule has 7 heteroatoms. The summed E-state index contributed by atoms with van der Waals surface area (Å²) in [4.78, 5) is 0. The molecule has 0 bridgehead atoms. The average molecular weight is 241 g/mol. The summed E-state index contributed by atoms with van der Waals surface area (Å²) in [5, 5.41) is 17.0. The fourth-order valence-corrected chi connectivity index (χ4v) is 1.88. The number of aromatic hydroxyl groups is 1. The highest BCUT2D eigenvalue weighted by atomic mass is 32.2. The third-order valence-corrected chi connectivity index (χ3v) is 3.10. The van der Waals surface area contributed by atoms with Gasteiger partial charge in [0.1, 0.15) is 21.1 Å². The first-order valence-corrected chi connectivity index (χ1v) is 6.72. The largest absolute Gasteiger partial charge is 0.508 e. The molecule has 1 N–H and O–H groups in total. The maximum Gasteiger partial charge on any atom is 0.149 e. The van der Waals surface area contributed by atoms with Crippen molar-refractivity contribution in [2.45, 2.75) is 6.54 Å². The summed E-state index contributed by atoms with van der Waals surface area (Å²) in [5.41, 5.74) is 1.26. The molecule has 2 aromatic rings. The molecule has 0 spiro atoms. The van der Waals surface area contributed by atoms with Crippen LogP contribution in [0.1, 0.15) is 0 Å². The van der Waals surface area contributed by atoms with Crippen molar-refractivity contribution in [3.05, 3.63) is 18.2 Å². The predicted octanol–water partition coefficient (Wildman–Crippen LogP) is 0.181. The number of aryl methyl sites for hydroxylation is 1. The van der Waals surface area contributed by atoms with Crippen LogP contribution in [0.2, 0.25) is 0 Å². The molecule has 0 aliphatic heterocycles. The lowest BCUT2D eigenvalue weighted by atomic mass is 10.3. The van der Waals surface area contributed by atoms with E-state index >= 15 is 0 Å². The van der Waals surface area contributed by atoms with Crippen LogP contribution in [-0.2, 0) is 16.4 Å². The van der Waals surface area contributed by atoms with Crippen molar-refractivity contribution in [1.29, 1.82) is 0 Å². The number of phenolic OH excluding ortho intramolecular Hbond substituents is 1. The SMILES string of the molecule is CS(=O)(=O)CCn1nnc2ccc(O)cc21. The number of sulfone groups is 1. The van der Waals surface area contributed by atoms with Gasteiger partial charge in [0.2, 0.25) is 0 Å². The van der Waals surface area contributed by atoms with Gasteiger partial charge >= 0.3 is 0 Å². The molecule has 2 rings (SSSR count). The Morgan fingerprint density at radius 3 is 2.88 bits per heavy atom. The number of hydrogen-bond acceptors (Lipinski definition) is 5. The van der Waals surface area contributed by atoms with Gasteiger partial charge in [0.05, 0.1) is 17.8 Å². The molecule has 0 atom stereocenters.